The second-order valence-corrected chi connectivity index (χ2v) is 11.5. The van der Waals surface area contributed by atoms with Crippen LogP contribution >= 0.6 is 0 Å². The van der Waals surface area contributed by atoms with Crippen LogP contribution in [0.15, 0.2) is 75.4 Å². The van der Waals surface area contributed by atoms with Crippen LogP contribution in [0.3, 0.4) is 0 Å². The van der Waals surface area contributed by atoms with Crippen LogP contribution in [0.25, 0.3) is 0 Å². The van der Waals surface area contributed by atoms with E-state index in [1.807, 2.05) is 0 Å². The fraction of sp³-hybridized carbons (Fsp3) is 0.174. The van der Waals surface area contributed by atoms with Crippen molar-refractivity contribution in [2.24, 2.45) is 4.99 Å². The predicted octanol–water partition coefficient (Wildman–Crippen LogP) is 3.78. The molecule has 178 valence electrons. The Labute approximate surface area is 196 Å². The number of sulfone groups is 1. The molecule has 0 bridgehead atoms. The Morgan fingerprint density at radius 1 is 0.971 bits per heavy atom. The minimum absolute atomic E-state index is 0.0306. The van der Waals surface area contributed by atoms with Gasteiger partial charge in [-0.1, -0.05) is 43.3 Å². The van der Waals surface area contributed by atoms with Crippen molar-refractivity contribution in [2.45, 2.75) is 29.2 Å². The van der Waals surface area contributed by atoms with Crippen LogP contribution in [-0.2, 0) is 26.4 Å². The van der Waals surface area contributed by atoms with Crippen molar-refractivity contribution in [1.82, 2.24) is 4.72 Å². The number of nitrogens with zero attached hydrogens (tertiary/aromatic N) is 1. The molecule has 3 aromatic carbocycles. The van der Waals surface area contributed by atoms with Gasteiger partial charge >= 0.3 is 0 Å². The molecule has 1 aliphatic rings. The summed E-state index contributed by atoms with van der Waals surface area (Å²) in [5.74, 6) is -2.27. The Bertz CT molecular complexity index is 1520. The smallest absolute Gasteiger partial charge is 0.266 e. The van der Waals surface area contributed by atoms with E-state index in [1.165, 1.54) is 24.3 Å². The van der Waals surface area contributed by atoms with E-state index in [4.69, 9.17) is 0 Å². The highest BCUT2D eigenvalue weighted by atomic mass is 32.2. The molecule has 7 nitrogen and oxygen atoms in total. The number of rotatable bonds is 5. The van der Waals surface area contributed by atoms with Crippen LogP contribution in [0.5, 0.6) is 0 Å². The summed E-state index contributed by atoms with van der Waals surface area (Å²) in [6, 6.07) is 14.2. The molecule has 0 unspecified atom stereocenters. The second kappa shape index (κ2) is 8.80. The van der Waals surface area contributed by atoms with E-state index in [0.717, 1.165) is 18.4 Å². The van der Waals surface area contributed by atoms with Crippen molar-refractivity contribution >= 4 is 31.5 Å². The third-order valence-electron chi connectivity index (χ3n) is 5.50. The van der Waals surface area contributed by atoms with Crippen molar-refractivity contribution in [1.29, 1.82) is 0 Å². The van der Waals surface area contributed by atoms with Crippen LogP contribution in [0.1, 0.15) is 29.5 Å². The van der Waals surface area contributed by atoms with E-state index in [9.17, 15) is 25.6 Å². The molecule has 0 radical (unpaired) electrons. The third kappa shape index (κ3) is 4.53. The van der Waals surface area contributed by atoms with Crippen LogP contribution in [0, 0.1) is 11.6 Å². The Kier molecular flexibility index (Phi) is 6.17. The van der Waals surface area contributed by atoms with Gasteiger partial charge in [0.2, 0.25) is 5.96 Å². The standard InChI is InChI=1S/C23H21F2N3O4S2/c1-14(16-8-4-5-9-17(16)24)21-18(25)11-12-20-22(21)27-23(28-34(20,31)32)26-13-15-7-3-6-10-19(15)33(2,29)30/h3-12,14H,13H2,1-2H3,(H2,26,27,28)/t14-/m0/s1. The van der Waals surface area contributed by atoms with Gasteiger partial charge in [0, 0.05) is 17.7 Å². The summed E-state index contributed by atoms with van der Waals surface area (Å²) in [5, 5.41) is 2.81. The number of nitrogens with one attached hydrogen (secondary N) is 2. The molecule has 1 atom stereocenters. The lowest BCUT2D eigenvalue weighted by Crippen LogP contribution is -2.41. The number of hydrogen-bond donors (Lipinski definition) is 2. The molecule has 3 aromatic rings. The molecule has 0 aliphatic carbocycles. The number of guanidine groups is 1. The van der Waals surface area contributed by atoms with Gasteiger partial charge in [-0.05, 0) is 35.4 Å². The molecule has 2 N–H and O–H groups in total. The van der Waals surface area contributed by atoms with Gasteiger partial charge < -0.3 is 5.32 Å². The normalized spacial score (nSPS) is 16.9. The first-order chi connectivity index (χ1) is 16.0. The molecule has 0 saturated heterocycles. The second-order valence-electron chi connectivity index (χ2n) is 7.85. The minimum Gasteiger partial charge on any atom is -0.324 e. The van der Waals surface area contributed by atoms with Crippen LogP contribution in [0.2, 0.25) is 0 Å². The van der Waals surface area contributed by atoms with Crippen molar-refractivity contribution in [3.8, 4) is 0 Å². The van der Waals surface area contributed by atoms with E-state index in [1.54, 1.807) is 31.2 Å². The monoisotopic (exact) mass is 505 g/mol. The topological polar surface area (TPSA) is 105 Å². The van der Waals surface area contributed by atoms with E-state index in [2.05, 4.69) is 15.0 Å². The Morgan fingerprint density at radius 2 is 1.65 bits per heavy atom. The van der Waals surface area contributed by atoms with Crippen molar-refractivity contribution in [3.05, 3.63) is 89.0 Å². The molecule has 11 heteroatoms. The van der Waals surface area contributed by atoms with Gasteiger partial charge in [-0.25, -0.2) is 35.3 Å². The first-order valence-corrected chi connectivity index (χ1v) is 13.6. The van der Waals surface area contributed by atoms with Crippen molar-refractivity contribution in [3.63, 3.8) is 0 Å². The van der Waals surface area contributed by atoms with Crippen LogP contribution < -0.4 is 10.0 Å². The molecule has 4 rings (SSSR count). The first kappa shape index (κ1) is 23.8. The molecule has 0 fully saturated rings. The Balaban J connectivity index is 1.78. The zero-order valence-corrected chi connectivity index (χ0v) is 19.8. The summed E-state index contributed by atoms with van der Waals surface area (Å²) in [4.78, 5) is 4.06. The minimum atomic E-state index is -4.12. The fourth-order valence-electron chi connectivity index (χ4n) is 3.89. The molecule has 0 amide bonds. The van der Waals surface area contributed by atoms with Crippen LogP contribution in [-0.4, -0.2) is 29.1 Å². The molecule has 1 aliphatic heterocycles. The van der Waals surface area contributed by atoms with Gasteiger partial charge in [0.25, 0.3) is 10.0 Å². The lowest BCUT2D eigenvalue weighted by atomic mass is 9.91. The molecule has 0 spiro atoms. The number of halogens is 2. The van der Waals surface area contributed by atoms with Gasteiger partial charge in [0.15, 0.2) is 9.84 Å². The van der Waals surface area contributed by atoms with E-state index < -0.39 is 37.4 Å². The lowest BCUT2D eigenvalue weighted by Gasteiger charge is -2.26. The summed E-state index contributed by atoms with van der Waals surface area (Å²) >= 11 is 0. The predicted molar refractivity (Wildman–Crippen MR) is 125 cm³/mol. The number of aliphatic imine (C=N–C) groups is 1. The van der Waals surface area contributed by atoms with Crippen LogP contribution in [0.4, 0.5) is 14.5 Å². The number of hydrogen-bond acceptors (Lipinski definition) is 5. The highest BCUT2D eigenvalue weighted by Crippen LogP contribution is 2.38. The maximum absolute atomic E-state index is 15.0. The Morgan fingerprint density at radius 3 is 2.35 bits per heavy atom. The van der Waals surface area contributed by atoms with Gasteiger partial charge in [0.05, 0.1) is 17.1 Å². The van der Waals surface area contributed by atoms with Crippen molar-refractivity contribution in [2.75, 3.05) is 11.6 Å². The summed E-state index contributed by atoms with van der Waals surface area (Å²) in [5.41, 5.74) is 0.484. The molecule has 0 saturated carbocycles. The number of benzene rings is 3. The maximum Gasteiger partial charge on any atom is 0.266 e. The molecular formula is C23H21F2N3O4S2. The summed E-state index contributed by atoms with van der Waals surface area (Å²) in [6.07, 6.45) is 1.07. The number of sulfonamides is 1. The highest BCUT2D eigenvalue weighted by Gasteiger charge is 2.32. The average molecular weight is 506 g/mol. The average Bonchev–Trinajstić information content (AvgIpc) is 2.76. The SMILES string of the molecule is C[C@@H](c1ccccc1F)c1c(F)ccc2c1NC(=NCc1ccccc1S(C)(=O)=O)NS2(=O)=O. The Hall–Kier alpha value is -3.31. The van der Waals surface area contributed by atoms with E-state index >= 15 is 0 Å². The number of anilines is 1. The third-order valence-corrected chi connectivity index (χ3v) is 8.08. The molecule has 1 heterocycles. The van der Waals surface area contributed by atoms with Gasteiger partial charge in [-0.2, -0.15) is 0 Å². The zero-order valence-electron chi connectivity index (χ0n) is 18.2. The first-order valence-electron chi connectivity index (χ1n) is 10.2. The molecule has 0 aromatic heterocycles. The summed E-state index contributed by atoms with van der Waals surface area (Å²) in [6.45, 7) is 1.42. The number of fused-ring (bicyclic) bond motifs is 1. The largest absolute Gasteiger partial charge is 0.324 e. The highest BCUT2D eigenvalue weighted by molar-refractivity contribution is 7.91. The fourth-order valence-corrected chi connectivity index (χ4v) is 5.98. The molecule has 34 heavy (non-hydrogen) atoms. The zero-order chi connectivity index (χ0) is 24.7. The quantitative estimate of drug-likeness (QED) is 0.549. The maximum atomic E-state index is 15.0. The van der Waals surface area contributed by atoms with Crippen molar-refractivity contribution < 1.29 is 25.6 Å². The summed E-state index contributed by atoms with van der Waals surface area (Å²) < 4.78 is 81.5. The van der Waals surface area contributed by atoms with E-state index in [0.29, 0.717) is 5.56 Å². The van der Waals surface area contributed by atoms with Gasteiger partial charge in [-0.3, -0.25) is 0 Å². The van der Waals surface area contributed by atoms with Gasteiger partial charge in [0.1, 0.15) is 16.5 Å². The van der Waals surface area contributed by atoms with Gasteiger partial charge in [-0.15, -0.1) is 0 Å². The summed E-state index contributed by atoms with van der Waals surface area (Å²) in [7, 11) is -7.65. The van der Waals surface area contributed by atoms with E-state index in [-0.39, 0.29) is 39.1 Å². The lowest BCUT2D eigenvalue weighted by molar-refractivity contribution is 0.577. The molecular weight excluding hydrogens is 484 g/mol.